The number of carboxylic acid groups (broad SMARTS) is 4. The SMILES string of the molecule is C[Si](C)(C)O[Si](C)(C)O[Si](C)(O[Si](C)(C)C)C1CC2CC1C(C(=O)O)C2C(=O)O.C[Si](C)(C)O[Si](C)(O[Si](C)(C)O[Si](C)(O[Si](C)(C)C)C1CC2CC1C1C(=O)OC(=O)C21)C1CC2CC1C(C(=O)O)C2C(=O)O.[Y]. The van der Waals surface area contributed by atoms with Crippen LogP contribution in [0.4, 0.5) is 0 Å². The molecular weight excluding hydrogens is 1180 g/mol. The fourth-order valence-corrected chi connectivity index (χ4v) is 59.9. The number of ether oxygens (including phenoxy) is 1. The Labute approximate surface area is 474 Å². The van der Waals surface area contributed by atoms with Crippen molar-refractivity contribution in [3.8, 4) is 0 Å². The quantitative estimate of drug-likeness (QED) is 0.0474. The second kappa shape index (κ2) is 21.9. The molecule has 28 heteroatoms. The maximum atomic E-state index is 12.8. The summed E-state index contributed by atoms with van der Waals surface area (Å²) < 4.78 is 53.4. The van der Waals surface area contributed by atoms with Crippen molar-refractivity contribution < 1.29 is 115 Å². The van der Waals surface area contributed by atoms with Crippen molar-refractivity contribution in [1.29, 1.82) is 0 Å². The minimum atomic E-state index is -3.15. The number of esters is 2. The maximum absolute atomic E-state index is 12.8. The molecule has 0 aromatic carbocycles. The van der Waals surface area contributed by atoms with E-state index in [0.29, 0.717) is 25.7 Å². The monoisotopic (exact) mass is 1270 g/mol. The summed E-state index contributed by atoms with van der Waals surface area (Å²) in [6.45, 7) is 39.8. The molecule has 18 atom stereocenters. The van der Waals surface area contributed by atoms with E-state index in [-0.39, 0.29) is 96.7 Å². The molecule has 6 bridgehead atoms. The molecule has 6 saturated carbocycles. The van der Waals surface area contributed by atoms with Crippen LogP contribution in [0.2, 0.25) is 141 Å². The van der Waals surface area contributed by atoms with Crippen molar-refractivity contribution in [2.24, 2.45) is 71.0 Å². The number of fused-ring (bicyclic) bond motifs is 9. The van der Waals surface area contributed by atoms with Gasteiger partial charge in [-0.15, -0.1) is 0 Å². The van der Waals surface area contributed by atoms with Gasteiger partial charge in [0, 0.05) is 49.3 Å². The minimum absolute atomic E-state index is 0. The van der Waals surface area contributed by atoms with Crippen LogP contribution in [0.15, 0.2) is 0 Å². The first kappa shape index (κ1) is 64.6. The number of cyclic esters (lactones) is 2. The Bertz CT molecular complexity index is 2180. The zero-order valence-electron chi connectivity index (χ0n) is 47.5. The van der Waals surface area contributed by atoms with Crippen LogP contribution in [0.3, 0.4) is 0 Å². The van der Waals surface area contributed by atoms with E-state index in [2.05, 4.69) is 91.7 Å². The van der Waals surface area contributed by atoms with Crippen LogP contribution in [-0.4, -0.2) is 132 Å². The van der Waals surface area contributed by atoms with Gasteiger partial charge in [0.1, 0.15) is 0 Å². The van der Waals surface area contributed by atoms with Crippen molar-refractivity contribution in [2.75, 3.05) is 0 Å². The zero-order valence-corrected chi connectivity index (χ0v) is 59.3. The second-order valence-electron chi connectivity index (χ2n) is 27.8. The average molecular weight is 1270 g/mol. The predicted octanol–water partition coefficient (Wildman–Crippen LogP) is 9.39. The molecule has 18 unspecified atom stereocenters. The predicted molar refractivity (Wildman–Crippen MR) is 293 cm³/mol. The van der Waals surface area contributed by atoms with E-state index in [1.165, 1.54) is 0 Å². The summed E-state index contributed by atoms with van der Waals surface area (Å²) in [7, 11) is -22.7. The first-order chi connectivity index (χ1) is 32.8. The van der Waals surface area contributed by atoms with E-state index in [1.54, 1.807) is 0 Å². The van der Waals surface area contributed by atoms with Crippen LogP contribution < -0.4 is 0 Å². The molecule has 74 heavy (non-hydrogen) atoms. The smallest absolute Gasteiger partial charge is 0.319 e. The average Bonchev–Trinajstić information content (AvgIpc) is 4.01. The number of carbonyl (C=O) groups is 6. The number of carboxylic acids is 4. The van der Waals surface area contributed by atoms with Crippen LogP contribution in [-0.2, 0) is 95.0 Å². The van der Waals surface area contributed by atoms with E-state index in [4.69, 9.17) is 33.5 Å². The van der Waals surface area contributed by atoms with Crippen LogP contribution in [0.1, 0.15) is 38.5 Å². The summed E-state index contributed by atoms with van der Waals surface area (Å²) in [5, 5.41) is 39.5. The van der Waals surface area contributed by atoms with Crippen LogP contribution in [0.5, 0.6) is 0 Å². The Hall–Kier alpha value is -0.204. The molecular formula is C46H88O18Si9Y. The molecule has 7 fully saturated rings. The number of hydrogen-bond acceptors (Lipinski definition) is 14. The molecule has 7 rings (SSSR count). The van der Waals surface area contributed by atoms with Gasteiger partial charge in [0.15, 0.2) is 33.3 Å². The van der Waals surface area contributed by atoms with E-state index in [9.17, 15) is 49.2 Å². The van der Waals surface area contributed by atoms with Gasteiger partial charge in [-0.05, 0) is 198 Å². The van der Waals surface area contributed by atoms with Crippen LogP contribution in [0.25, 0.3) is 0 Å². The first-order valence-electron chi connectivity index (χ1n) is 26.4. The van der Waals surface area contributed by atoms with E-state index in [1.807, 2.05) is 32.7 Å². The van der Waals surface area contributed by atoms with Gasteiger partial charge in [-0.2, -0.15) is 0 Å². The summed E-state index contributed by atoms with van der Waals surface area (Å²) in [5.74, 6) is -10.0. The molecule has 18 nitrogen and oxygen atoms in total. The normalized spacial score (nSPS) is 36.0. The molecule has 7 aliphatic rings. The number of hydrogen-bond donors (Lipinski definition) is 4. The fraction of sp³-hybridized carbons (Fsp3) is 0.870. The molecule has 1 radical (unpaired) electrons. The molecule has 419 valence electrons. The maximum Gasteiger partial charge on any atom is 0.319 e. The van der Waals surface area contributed by atoms with Crippen molar-refractivity contribution in [1.82, 2.24) is 0 Å². The third kappa shape index (κ3) is 14.1. The van der Waals surface area contributed by atoms with Gasteiger partial charge >= 0.3 is 78.6 Å². The van der Waals surface area contributed by atoms with Crippen LogP contribution >= 0.6 is 0 Å². The molecule has 0 amide bonds. The summed E-state index contributed by atoms with van der Waals surface area (Å²) in [5.41, 5.74) is -0.178. The summed E-state index contributed by atoms with van der Waals surface area (Å²) in [6, 6.07) is 0. The Morgan fingerprint density at radius 2 is 0.649 bits per heavy atom. The topological polar surface area (TPSA) is 257 Å². The van der Waals surface area contributed by atoms with Gasteiger partial charge in [-0.25, -0.2) is 0 Å². The van der Waals surface area contributed by atoms with Gasteiger partial charge in [0.05, 0.1) is 35.5 Å². The van der Waals surface area contributed by atoms with E-state index < -0.39 is 136 Å². The second-order valence-corrected chi connectivity index (χ2v) is 64.3. The Morgan fingerprint density at radius 1 is 0.378 bits per heavy atom. The van der Waals surface area contributed by atoms with Crippen molar-refractivity contribution in [3.05, 3.63) is 0 Å². The van der Waals surface area contributed by atoms with Gasteiger partial charge < -0.3 is 54.0 Å². The summed E-state index contributed by atoms with van der Waals surface area (Å²) >= 11 is 0. The van der Waals surface area contributed by atoms with Crippen molar-refractivity contribution in [2.45, 2.75) is 180 Å². The van der Waals surface area contributed by atoms with Crippen LogP contribution in [0, 0.1) is 71.0 Å². The number of carbonyl (C=O) groups excluding carboxylic acids is 2. The Morgan fingerprint density at radius 3 is 0.959 bits per heavy atom. The van der Waals surface area contributed by atoms with Crippen molar-refractivity contribution in [3.63, 3.8) is 0 Å². The summed E-state index contributed by atoms with van der Waals surface area (Å²) in [6.07, 6.45) is 4.00. The Balaban J connectivity index is 0.000000295. The molecule has 0 spiro atoms. The van der Waals surface area contributed by atoms with Gasteiger partial charge in [0.25, 0.3) is 0 Å². The fourth-order valence-electron chi connectivity index (χ4n) is 15.8. The molecule has 4 N–H and O–H groups in total. The number of aliphatic carboxylic acids is 4. The summed E-state index contributed by atoms with van der Waals surface area (Å²) in [4.78, 5) is 73.5. The first-order valence-corrected chi connectivity index (χ1v) is 52.8. The third-order valence-electron chi connectivity index (χ3n) is 16.3. The molecule has 6 aliphatic carbocycles. The molecule has 0 aromatic heterocycles. The van der Waals surface area contributed by atoms with Gasteiger partial charge in [0.2, 0.25) is 0 Å². The zero-order chi connectivity index (χ0) is 55.5. The molecule has 1 heterocycles. The van der Waals surface area contributed by atoms with Crippen molar-refractivity contribution >= 4 is 112 Å². The van der Waals surface area contributed by atoms with E-state index in [0.717, 1.165) is 12.8 Å². The molecule has 1 aliphatic heterocycles. The van der Waals surface area contributed by atoms with Gasteiger partial charge in [-0.3, -0.25) is 28.8 Å². The molecule has 0 aromatic rings. The largest absolute Gasteiger partial charge is 0.481 e. The third-order valence-corrected chi connectivity index (χ3v) is 49.8. The van der Waals surface area contributed by atoms with E-state index >= 15 is 0 Å². The molecule has 1 saturated heterocycles. The minimum Gasteiger partial charge on any atom is -0.481 e. The van der Waals surface area contributed by atoms with Gasteiger partial charge in [-0.1, -0.05) is 0 Å². The Kier molecular flexibility index (Phi) is 19.2. The number of rotatable bonds is 21. The standard InChI is InChI=1S/C28H50O11Si5.C18H38O7Si4.Y/c1-40(2,3)36-43(9,19-13-15-11-17(19)23(26(31)32)21(15)25(29)30)38-42(7,8)39-44(10,37-41(4,5)6)20-14-16-12-18(20)24-22(16)27(33)35-28(24)34;1-26(2,3)23-28(7,8)25-29(9,24-27(4,5)6)14-11-12-10-13(14)16(18(21)22)15(12)17(19)20;/h15-24H,11-14H2,1-10H3,(H,29,30)(H,31,32);12-16H,10-11H2,1-9H3,(H,19,20)(H,21,22);.